The number of aromatic nitrogens is 4. The van der Waals surface area contributed by atoms with Gasteiger partial charge in [0.15, 0.2) is 5.82 Å². The maximum Gasteiger partial charge on any atom is 0.293 e. The highest BCUT2D eigenvalue weighted by atomic mass is 16.5. The zero-order valence-electron chi connectivity index (χ0n) is 13.3. The molecule has 0 saturated carbocycles. The van der Waals surface area contributed by atoms with E-state index in [1.54, 1.807) is 43.4 Å². The molecule has 122 valence electrons. The molecule has 2 aromatic heterocycles. The normalized spacial score (nSPS) is 17.8. The van der Waals surface area contributed by atoms with Gasteiger partial charge in [0.05, 0.1) is 7.11 Å². The highest BCUT2D eigenvalue weighted by Crippen LogP contribution is 2.17. The van der Waals surface area contributed by atoms with E-state index in [0.717, 1.165) is 19.4 Å². The molecule has 1 fully saturated rings. The molecule has 2 aromatic rings. The number of nitrogens with zero attached hydrogens (tertiary/aromatic N) is 5. The number of hydrogen-bond acceptors (Lipinski definition) is 7. The van der Waals surface area contributed by atoms with Crippen LogP contribution in [0.1, 0.15) is 12.8 Å². The van der Waals surface area contributed by atoms with E-state index in [1.807, 2.05) is 4.90 Å². The summed E-state index contributed by atoms with van der Waals surface area (Å²) in [4.78, 5) is 27.0. The second-order valence-electron chi connectivity index (χ2n) is 5.52. The average Bonchev–Trinajstić information content (AvgIpc) is 2.58. The van der Waals surface area contributed by atoms with Gasteiger partial charge in [0.2, 0.25) is 11.8 Å². The van der Waals surface area contributed by atoms with Gasteiger partial charge >= 0.3 is 0 Å². The molecule has 0 amide bonds. The third-order valence-corrected chi connectivity index (χ3v) is 3.89. The van der Waals surface area contributed by atoms with Gasteiger partial charge in [-0.05, 0) is 12.8 Å². The fourth-order valence-electron chi connectivity index (χ4n) is 2.70. The second kappa shape index (κ2) is 6.64. The molecule has 3 rings (SSSR count). The summed E-state index contributed by atoms with van der Waals surface area (Å²) in [6, 6.07) is 1.86. The maximum absolute atomic E-state index is 12.2. The van der Waals surface area contributed by atoms with E-state index >= 15 is 0 Å². The fraction of sp³-hybridized carbons (Fsp3) is 0.467. The molecule has 1 atom stereocenters. The van der Waals surface area contributed by atoms with Crippen LogP contribution in [0.5, 0.6) is 5.88 Å². The Bertz CT molecular complexity index is 732. The van der Waals surface area contributed by atoms with Crippen molar-refractivity contribution in [2.24, 2.45) is 7.05 Å². The molecular weight excluding hydrogens is 296 g/mol. The van der Waals surface area contributed by atoms with Crippen LogP contribution in [-0.4, -0.2) is 45.8 Å². The van der Waals surface area contributed by atoms with E-state index in [9.17, 15) is 4.79 Å². The number of rotatable bonds is 4. The summed E-state index contributed by atoms with van der Waals surface area (Å²) in [5, 5.41) is 3.31. The highest BCUT2D eigenvalue weighted by molar-refractivity contribution is 5.38. The molecule has 0 bridgehead atoms. The van der Waals surface area contributed by atoms with Crippen molar-refractivity contribution < 1.29 is 4.74 Å². The molecule has 0 unspecified atom stereocenters. The van der Waals surface area contributed by atoms with Crippen molar-refractivity contribution in [3.63, 3.8) is 0 Å². The molecule has 0 aromatic carbocycles. The monoisotopic (exact) mass is 316 g/mol. The molecule has 8 nitrogen and oxygen atoms in total. The van der Waals surface area contributed by atoms with E-state index in [0.29, 0.717) is 24.2 Å². The lowest BCUT2D eigenvalue weighted by atomic mass is 10.1. The van der Waals surface area contributed by atoms with Gasteiger partial charge in [-0.1, -0.05) is 0 Å². The Morgan fingerprint density at radius 2 is 2.22 bits per heavy atom. The van der Waals surface area contributed by atoms with Crippen LogP contribution in [0.25, 0.3) is 0 Å². The molecule has 1 N–H and O–H groups in total. The van der Waals surface area contributed by atoms with Crippen LogP contribution < -0.4 is 20.5 Å². The van der Waals surface area contributed by atoms with Crippen LogP contribution >= 0.6 is 0 Å². The smallest absolute Gasteiger partial charge is 0.293 e. The summed E-state index contributed by atoms with van der Waals surface area (Å²) in [6.45, 7) is 1.51. The number of aryl methyl sites for hydroxylation is 1. The van der Waals surface area contributed by atoms with Crippen molar-refractivity contribution in [2.45, 2.75) is 18.9 Å². The summed E-state index contributed by atoms with van der Waals surface area (Å²) in [5.74, 6) is 1.55. The predicted octanol–water partition coefficient (Wildman–Crippen LogP) is 0.660. The van der Waals surface area contributed by atoms with Crippen LogP contribution in [0.2, 0.25) is 0 Å². The number of nitrogens with one attached hydrogen (secondary N) is 1. The highest BCUT2D eigenvalue weighted by Gasteiger charge is 2.23. The van der Waals surface area contributed by atoms with E-state index in [-0.39, 0.29) is 11.6 Å². The van der Waals surface area contributed by atoms with Crippen LogP contribution in [0.4, 0.5) is 11.8 Å². The molecular formula is C15H20N6O2. The Morgan fingerprint density at radius 3 is 3.04 bits per heavy atom. The van der Waals surface area contributed by atoms with Gasteiger partial charge in [0, 0.05) is 50.8 Å². The summed E-state index contributed by atoms with van der Waals surface area (Å²) < 4.78 is 6.65. The van der Waals surface area contributed by atoms with Gasteiger partial charge < -0.3 is 19.5 Å². The first-order chi connectivity index (χ1) is 11.2. The van der Waals surface area contributed by atoms with Crippen molar-refractivity contribution in [1.82, 2.24) is 19.5 Å². The minimum atomic E-state index is -0.0780. The topological polar surface area (TPSA) is 85.2 Å². The summed E-state index contributed by atoms with van der Waals surface area (Å²) in [7, 11) is 3.31. The van der Waals surface area contributed by atoms with Crippen LogP contribution in [0, 0.1) is 0 Å². The number of piperidine rings is 1. The standard InChI is InChI=1S/C15H20N6O2/c1-20-9-7-16-13(14(20)22)21-8-3-4-11(10-21)18-15-17-6-5-12(19-15)23-2/h5-7,9,11H,3-4,8,10H2,1-2H3,(H,17,18,19)/t11-/m0/s1. The van der Waals surface area contributed by atoms with E-state index in [1.165, 1.54) is 0 Å². The third kappa shape index (κ3) is 3.41. The minimum absolute atomic E-state index is 0.0780. The molecule has 0 aliphatic carbocycles. The Hall–Kier alpha value is -2.64. The maximum atomic E-state index is 12.2. The Labute approximate surface area is 134 Å². The molecule has 1 saturated heterocycles. The summed E-state index contributed by atoms with van der Waals surface area (Å²) in [5.41, 5.74) is -0.0780. The van der Waals surface area contributed by atoms with Gasteiger partial charge in [-0.2, -0.15) is 4.98 Å². The second-order valence-corrected chi connectivity index (χ2v) is 5.52. The first-order valence-electron chi connectivity index (χ1n) is 7.57. The zero-order chi connectivity index (χ0) is 16.2. The molecule has 0 radical (unpaired) electrons. The quantitative estimate of drug-likeness (QED) is 0.887. The molecule has 0 spiro atoms. The lowest BCUT2D eigenvalue weighted by Crippen LogP contribution is -2.45. The lowest BCUT2D eigenvalue weighted by molar-refractivity contribution is 0.397. The van der Waals surface area contributed by atoms with Crippen LogP contribution in [-0.2, 0) is 7.05 Å². The molecule has 8 heteroatoms. The Kier molecular flexibility index (Phi) is 4.40. The van der Waals surface area contributed by atoms with Gasteiger partial charge in [-0.25, -0.2) is 9.97 Å². The third-order valence-electron chi connectivity index (χ3n) is 3.89. The minimum Gasteiger partial charge on any atom is -0.481 e. The zero-order valence-corrected chi connectivity index (χ0v) is 13.3. The van der Waals surface area contributed by atoms with Crippen LogP contribution in [0.15, 0.2) is 29.5 Å². The van der Waals surface area contributed by atoms with E-state index < -0.39 is 0 Å². The number of methoxy groups -OCH3 is 1. The van der Waals surface area contributed by atoms with Gasteiger partial charge in [0.25, 0.3) is 5.56 Å². The van der Waals surface area contributed by atoms with E-state index in [4.69, 9.17) is 4.74 Å². The molecule has 1 aliphatic rings. The first-order valence-corrected chi connectivity index (χ1v) is 7.57. The van der Waals surface area contributed by atoms with Crippen molar-refractivity contribution in [2.75, 3.05) is 30.4 Å². The first kappa shape index (κ1) is 15.3. The Morgan fingerprint density at radius 1 is 1.35 bits per heavy atom. The molecule has 23 heavy (non-hydrogen) atoms. The predicted molar refractivity (Wildman–Crippen MR) is 86.9 cm³/mol. The fourth-order valence-corrected chi connectivity index (χ4v) is 2.70. The van der Waals surface area contributed by atoms with Crippen molar-refractivity contribution in [3.05, 3.63) is 35.0 Å². The van der Waals surface area contributed by atoms with Gasteiger partial charge in [0.1, 0.15) is 0 Å². The van der Waals surface area contributed by atoms with E-state index in [2.05, 4.69) is 20.3 Å². The van der Waals surface area contributed by atoms with Crippen molar-refractivity contribution in [1.29, 1.82) is 0 Å². The largest absolute Gasteiger partial charge is 0.481 e. The van der Waals surface area contributed by atoms with Crippen LogP contribution in [0.3, 0.4) is 0 Å². The summed E-state index contributed by atoms with van der Waals surface area (Å²) >= 11 is 0. The summed E-state index contributed by atoms with van der Waals surface area (Å²) in [6.07, 6.45) is 6.93. The van der Waals surface area contributed by atoms with Gasteiger partial charge in [-0.3, -0.25) is 4.79 Å². The SMILES string of the molecule is COc1ccnc(N[C@H]2CCCN(c3nccn(C)c3=O)C2)n1. The molecule has 3 heterocycles. The lowest BCUT2D eigenvalue weighted by Gasteiger charge is -2.33. The average molecular weight is 316 g/mol. The number of hydrogen-bond donors (Lipinski definition) is 1. The van der Waals surface area contributed by atoms with Crippen molar-refractivity contribution >= 4 is 11.8 Å². The number of ether oxygens (including phenoxy) is 1. The molecule has 1 aliphatic heterocycles. The van der Waals surface area contributed by atoms with Gasteiger partial charge in [-0.15, -0.1) is 0 Å². The number of anilines is 2. The Balaban J connectivity index is 1.73. The van der Waals surface area contributed by atoms with Crippen molar-refractivity contribution in [3.8, 4) is 5.88 Å².